The van der Waals surface area contributed by atoms with E-state index in [0.29, 0.717) is 0 Å². The molecule has 0 saturated carbocycles. The van der Waals surface area contributed by atoms with Crippen molar-refractivity contribution in [1.82, 2.24) is 5.32 Å². The Morgan fingerprint density at radius 3 is 1.26 bits per heavy atom. The average Bonchev–Trinajstić information content (AvgIpc) is 2.85. The van der Waals surface area contributed by atoms with E-state index in [1.807, 2.05) is 0 Å². The third-order valence-corrected chi connectivity index (χ3v) is 4.21. The number of hydrogen-bond donors (Lipinski definition) is 2. The van der Waals surface area contributed by atoms with Crippen LogP contribution < -0.4 is 11.1 Å². The third-order valence-electron chi connectivity index (χ3n) is 4.21. The summed E-state index contributed by atoms with van der Waals surface area (Å²) in [5.41, 5.74) is 5.87. The van der Waals surface area contributed by atoms with Crippen molar-refractivity contribution in [3.05, 3.63) is 11.8 Å². The maximum atomic E-state index is 11.4. The molecular formula is C29H52N2O11. The van der Waals surface area contributed by atoms with Crippen LogP contribution in [0.25, 0.3) is 0 Å². The lowest BCUT2D eigenvalue weighted by atomic mass is 10.3. The zero-order valence-corrected chi connectivity index (χ0v) is 25.3. The van der Waals surface area contributed by atoms with Crippen molar-refractivity contribution in [3.63, 3.8) is 0 Å². The topological polar surface area (TPSA) is 194 Å². The Kier molecular flexibility index (Phi) is 34.5. The molecule has 0 radical (unpaired) electrons. The van der Waals surface area contributed by atoms with Crippen LogP contribution in [0.1, 0.15) is 93.9 Å². The first-order chi connectivity index (χ1) is 19.3. The number of allylic oxidation sites excluding steroid dienone is 1. The fourth-order valence-electron chi connectivity index (χ4n) is 2.31. The van der Waals surface area contributed by atoms with Crippen LogP contribution in [0.4, 0.5) is 0 Å². The molecule has 0 aliphatic heterocycles. The van der Waals surface area contributed by atoms with Crippen molar-refractivity contribution in [2.45, 2.75) is 93.9 Å². The average molecular weight is 605 g/mol. The van der Waals surface area contributed by atoms with Crippen LogP contribution >= 0.6 is 0 Å². The Morgan fingerprint density at radius 1 is 0.619 bits per heavy atom. The quantitative estimate of drug-likeness (QED) is 0.0719. The molecule has 0 rings (SSSR count). The van der Waals surface area contributed by atoms with Gasteiger partial charge >= 0.3 is 23.9 Å². The van der Waals surface area contributed by atoms with Crippen LogP contribution in [0.3, 0.4) is 0 Å². The molecule has 42 heavy (non-hydrogen) atoms. The fourth-order valence-corrected chi connectivity index (χ4v) is 2.31. The summed E-state index contributed by atoms with van der Waals surface area (Å²) in [4.78, 5) is 75.7. The van der Waals surface area contributed by atoms with Crippen molar-refractivity contribution in [2.75, 3.05) is 39.5 Å². The smallest absolute Gasteiger partial charge is 0.332 e. The van der Waals surface area contributed by atoms with Crippen LogP contribution in [0.5, 0.6) is 0 Å². The maximum absolute atomic E-state index is 11.4. The van der Waals surface area contributed by atoms with Gasteiger partial charge in [0.25, 0.3) is 0 Å². The Morgan fingerprint density at radius 2 is 0.976 bits per heavy atom. The van der Waals surface area contributed by atoms with Crippen molar-refractivity contribution >= 4 is 41.2 Å². The van der Waals surface area contributed by atoms with Crippen molar-refractivity contribution in [1.29, 1.82) is 0 Å². The van der Waals surface area contributed by atoms with Gasteiger partial charge in [0.2, 0.25) is 0 Å². The number of carbonyl (C=O) groups is 7. The minimum absolute atomic E-state index is 0. The van der Waals surface area contributed by atoms with Gasteiger partial charge < -0.3 is 30.0 Å². The molecule has 0 atom stereocenters. The van der Waals surface area contributed by atoms with E-state index in [2.05, 4.69) is 28.6 Å². The van der Waals surface area contributed by atoms with Gasteiger partial charge in [0.05, 0.1) is 0 Å². The van der Waals surface area contributed by atoms with E-state index in [-0.39, 0.29) is 70.5 Å². The first kappa shape index (κ1) is 45.4. The normalized spacial score (nSPS) is 9.74. The molecule has 13 heteroatoms. The molecule has 0 aromatic carbocycles. The van der Waals surface area contributed by atoms with Gasteiger partial charge in [-0.05, 0) is 47.1 Å². The molecule has 0 aliphatic carbocycles. The zero-order chi connectivity index (χ0) is 32.1. The second kappa shape index (κ2) is 31.9. The summed E-state index contributed by atoms with van der Waals surface area (Å²) in [5, 5.41) is 3.08. The molecule has 0 aliphatic rings. The molecule has 0 spiro atoms. The van der Waals surface area contributed by atoms with E-state index in [0.717, 1.165) is 31.6 Å². The highest BCUT2D eigenvalue weighted by Crippen LogP contribution is 1.94. The molecule has 0 fully saturated rings. The van der Waals surface area contributed by atoms with E-state index < -0.39 is 23.9 Å². The Labute approximate surface area is 250 Å². The van der Waals surface area contributed by atoms with Gasteiger partial charge in [-0.3, -0.25) is 28.8 Å². The standard InChI is InChI=1S/C14H23NO5.C10H14O6.C4H11N.CH4/c1-4-5-6-15-11(2)9-13(17)19-7-8-20-14(18)10-12(3)16;1-7(11)5-9(13)15-3-4-16-10(14)6-8(2)12;1-2-3-4-5;/h9,15H,4-8,10H2,1-3H3;3-6H2,1-2H3;2-5H2,1H3;1H4/b11-9-;;;. The van der Waals surface area contributed by atoms with Crippen LogP contribution in [0, 0.1) is 0 Å². The predicted octanol–water partition coefficient (Wildman–Crippen LogP) is 2.76. The molecule has 13 nitrogen and oxygen atoms in total. The number of hydrogen-bond acceptors (Lipinski definition) is 13. The van der Waals surface area contributed by atoms with Crippen LogP contribution in [0.2, 0.25) is 0 Å². The summed E-state index contributed by atoms with van der Waals surface area (Å²) >= 11 is 0. The van der Waals surface area contributed by atoms with Crippen LogP contribution in [-0.4, -0.2) is 80.7 Å². The number of ketones is 3. The van der Waals surface area contributed by atoms with Gasteiger partial charge in [-0.25, -0.2) is 4.79 Å². The lowest BCUT2D eigenvalue weighted by Crippen LogP contribution is -2.17. The second-order valence-corrected chi connectivity index (χ2v) is 8.72. The molecule has 0 bridgehead atoms. The number of esters is 4. The number of rotatable bonds is 19. The summed E-state index contributed by atoms with van der Waals surface area (Å²) in [6.45, 7) is 11.2. The number of nitrogens with one attached hydrogen (secondary N) is 1. The maximum Gasteiger partial charge on any atom is 0.332 e. The van der Waals surface area contributed by atoms with Gasteiger partial charge in [-0.1, -0.05) is 34.1 Å². The van der Waals surface area contributed by atoms with Gasteiger partial charge in [0, 0.05) is 18.3 Å². The molecule has 0 heterocycles. The van der Waals surface area contributed by atoms with E-state index in [1.165, 1.54) is 39.7 Å². The lowest BCUT2D eigenvalue weighted by Gasteiger charge is -2.06. The summed E-state index contributed by atoms with van der Waals surface area (Å²) in [6.07, 6.45) is 5.02. The number of nitrogens with two attached hydrogens (primary N) is 1. The molecule has 0 amide bonds. The monoisotopic (exact) mass is 604 g/mol. The van der Waals surface area contributed by atoms with E-state index in [4.69, 9.17) is 15.2 Å². The highest BCUT2D eigenvalue weighted by atomic mass is 16.6. The number of carbonyl (C=O) groups excluding carboxylic acids is 7. The lowest BCUT2D eigenvalue weighted by molar-refractivity contribution is -0.154. The minimum Gasteiger partial charge on any atom is -0.462 e. The van der Waals surface area contributed by atoms with Gasteiger partial charge in [0.1, 0.15) is 63.0 Å². The Balaban J connectivity index is -0.000000294. The minimum atomic E-state index is -0.657. The van der Waals surface area contributed by atoms with Gasteiger partial charge in [-0.2, -0.15) is 0 Å². The molecule has 0 unspecified atom stereocenters. The van der Waals surface area contributed by atoms with Crippen LogP contribution in [0.15, 0.2) is 11.8 Å². The molecule has 0 aromatic rings. The summed E-state index contributed by atoms with van der Waals surface area (Å²) < 4.78 is 18.7. The molecular weight excluding hydrogens is 552 g/mol. The summed E-state index contributed by atoms with van der Waals surface area (Å²) in [5.74, 6) is -3.26. The van der Waals surface area contributed by atoms with Gasteiger partial charge in [0.15, 0.2) is 0 Å². The van der Waals surface area contributed by atoms with E-state index in [9.17, 15) is 33.6 Å². The van der Waals surface area contributed by atoms with E-state index in [1.54, 1.807) is 6.92 Å². The summed E-state index contributed by atoms with van der Waals surface area (Å²) in [6, 6.07) is 0. The summed E-state index contributed by atoms with van der Waals surface area (Å²) in [7, 11) is 0. The Hall–Kier alpha value is -3.61. The zero-order valence-electron chi connectivity index (χ0n) is 25.3. The Bertz CT molecular complexity index is 807. The second-order valence-electron chi connectivity index (χ2n) is 8.72. The van der Waals surface area contributed by atoms with E-state index >= 15 is 0 Å². The molecule has 0 aromatic heterocycles. The van der Waals surface area contributed by atoms with Crippen LogP contribution in [-0.2, 0) is 52.5 Å². The number of Topliss-reactive ketones (excluding diaryl/α,β-unsaturated/α-hetero) is 3. The first-order valence-corrected chi connectivity index (χ1v) is 13.5. The SMILES string of the molecule is C.CC(=O)CC(=O)OCCOC(=O)CC(C)=O.CCCCN.CCCCN/C(C)=C\C(=O)OCCOC(=O)CC(C)=O. The molecule has 244 valence electrons. The van der Waals surface area contributed by atoms with Crippen molar-refractivity contribution < 1.29 is 52.5 Å². The predicted molar refractivity (Wildman–Crippen MR) is 157 cm³/mol. The van der Waals surface area contributed by atoms with Crippen molar-refractivity contribution in [3.8, 4) is 0 Å². The fraction of sp³-hybridized carbons (Fsp3) is 0.690. The largest absolute Gasteiger partial charge is 0.462 e. The highest BCUT2D eigenvalue weighted by molar-refractivity contribution is 5.95. The van der Waals surface area contributed by atoms with Gasteiger partial charge in [-0.15, -0.1) is 0 Å². The van der Waals surface area contributed by atoms with Crippen molar-refractivity contribution in [2.24, 2.45) is 5.73 Å². The molecule has 0 saturated heterocycles. The molecule has 3 N–H and O–H groups in total. The number of unbranched alkanes of at least 4 members (excludes halogenated alkanes) is 2. The third kappa shape index (κ3) is 40.9. The first-order valence-electron chi connectivity index (χ1n) is 13.5. The highest BCUT2D eigenvalue weighted by Gasteiger charge is 2.09. The number of ether oxygens (including phenoxy) is 4.